The second-order valence-electron chi connectivity index (χ2n) is 9.38. The van der Waals surface area contributed by atoms with Gasteiger partial charge in [0, 0.05) is 49.1 Å². The minimum Gasteiger partial charge on any atom is -0.497 e. The predicted octanol–water partition coefficient (Wildman–Crippen LogP) is 3.82. The maximum atomic E-state index is 12.9. The smallest absolute Gasteiger partial charge is 0.415 e. The largest absolute Gasteiger partial charge is 0.497 e. The van der Waals surface area contributed by atoms with E-state index in [0.717, 1.165) is 19.1 Å². The normalized spacial score (nSPS) is 20.9. The molecule has 10 heteroatoms. The maximum absolute atomic E-state index is 12.9. The summed E-state index contributed by atoms with van der Waals surface area (Å²) in [6.45, 7) is 0. The summed E-state index contributed by atoms with van der Waals surface area (Å²) in [6.07, 6.45) is 5.35. The van der Waals surface area contributed by atoms with Crippen molar-refractivity contribution in [3.8, 4) is 22.9 Å². The highest BCUT2D eigenvalue weighted by Gasteiger charge is 2.45. The molecule has 2 aliphatic rings. The van der Waals surface area contributed by atoms with E-state index in [-0.39, 0.29) is 34.7 Å². The van der Waals surface area contributed by atoms with Crippen molar-refractivity contribution in [2.45, 2.75) is 48.8 Å². The van der Waals surface area contributed by atoms with Gasteiger partial charge in [0.15, 0.2) is 9.84 Å². The van der Waals surface area contributed by atoms with Gasteiger partial charge in [0.2, 0.25) is 0 Å². The predicted molar refractivity (Wildman–Crippen MR) is 136 cm³/mol. The second kappa shape index (κ2) is 9.93. The van der Waals surface area contributed by atoms with Gasteiger partial charge in [-0.25, -0.2) is 13.2 Å². The number of benzene rings is 2. The maximum Gasteiger partial charge on any atom is 0.415 e. The molecule has 0 unspecified atom stereocenters. The molecule has 3 heterocycles. The number of ether oxygens (including phenoxy) is 3. The summed E-state index contributed by atoms with van der Waals surface area (Å²) in [5.74, 6) is 1.62. The molecule has 9 nitrogen and oxygen atoms in total. The Kier molecular flexibility index (Phi) is 6.68. The standard InChI is InChI=1S/C27H28N2O7S/c1-34-21-7-9-22(10-8-21)36-27(31)29-19-3-4-20(29)16-24(15-19)35-23-13-14-28(26(30)17-23)18-5-11-25(12-6-18)37(2,32)33/h5-14,17,19-20,24H,3-4,15-16H2,1-2H3/t19-,20-/m1/s1. The number of piperidine rings is 1. The summed E-state index contributed by atoms with van der Waals surface area (Å²) in [5.41, 5.74) is 0.277. The summed E-state index contributed by atoms with van der Waals surface area (Å²) >= 11 is 0. The molecule has 0 saturated carbocycles. The number of carbonyl (C=O) groups is 1. The Hall–Kier alpha value is -3.79. The van der Waals surface area contributed by atoms with Crippen LogP contribution in [-0.4, -0.2) is 55.5 Å². The van der Waals surface area contributed by atoms with E-state index in [4.69, 9.17) is 14.2 Å². The molecule has 3 aromatic rings. The monoisotopic (exact) mass is 524 g/mol. The van der Waals surface area contributed by atoms with Crippen molar-refractivity contribution in [1.29, 1.82) is 0 Å². The summed E-state index contributed by atoms with van der Waals surface area (Å²) in [7, 11) is -1.73. The van der Waals surface area contributed by atoms with E-state index in [9.17, 15) is 18.0 Å². The number of fused-ring (bicyclic) bond motifs is 2. The fraction of sp³-hybridized carbons (Fsp3) is 0.333. The summed E-state index contributed by atoms with van der Waals surface area (Å²) in [6, 6.07) is 16.2. The zero-order valence-corrected chi connectivity index (χ0v) is 21.4. The van der Waals surface area contributed by atoms with Gasteiger partial charge in [-0.2, -0.15) is 0 Å². The van der Waals surface area contributed by atoms with Crippen LogP contribution < -0.4 is 19.8 Å². The molecular formula is C27H28N2O7S. The van der Waals surface area contributed by atoms with Gasteiger partial charge in [-0.1, -0.05) is 0 Å². The van der Waals surface area contributed by atoms with Crippen LogP contribution in [0.4, 0.5) is 4.79 Å². The number of methoxy groups -OCH3 is 1. The average molecular weight is 525 g/mol. The fourth-order valence-electron chi connectivity index (χ4n) is 5.11. The molecule has 2 atom stereocenters. The lowest BCUT2D eigenvalue weighted by molar-refractivity contribution is 0.0526. The van der Waals surface area contributed by atoms with Crippen molar-refractivity contribution in [2.75, 3.05) is 13.4 Å². The highest BCUT2D eigenvalue weighted by Crippen LogP contribution is 2.38. The zero-order valence-electron chi connectivity index (χ0n) is 20.6. The van der Waals surface area contributed by atoms with E-state index in [1.54, 1.807) is 55.8 Å². The van der Waals surface area contributed by atoms with E-state index in [2.05, 4.69) is 0 Å². The molecule has 2 fully saturated rings. The first-order valence-electron chi connectivity index (χ1n) is 12.1. The van der Waals surface area contributed by atoms with Crippen LogP contribution >= 0.6 is 0 Å². The molecule has 2 saturated heterocycles. The van der Waals surface area contributed by atoms with Crippen molar-refractivity contribution in [3.05, 3.63) is 77.2 Å². The third-order valence-corrected chi connectivity index (χ3v) is 8.03. The Morgan fingerprint density at radius 1 is 0.892 bits per heavy atom. The van der Waals surface area contributed by atoms with Crippen LogP contribution in [0.25, 0.3) is 5.69 Å². The Bertz CT molecular complexity index is 1440. The number of aromatic nitrogens is 1. The molecule has 2 aromatic carbocycles. The summed E-state index contributed by atoms with van der Waals surface area (Å²) < 4.78 is 41.7. The minimum atomic E-state index is -3.31. The lowest BCUT2D eigenvalue weighted by Gasteiger charge is -2.38. The van der Waals surface area contributed by atoms with E-state index in [0.29, 0.717) is 35.8 Å². The van der Waals surface area contributed by atoms with Crippen LogP contribution in [0, 0.1) is 0 Å². The van der Waals surface area contributed by atoms with E-state index < -0.39 is 9.84 Å². The van der Waals surface area contributed by atoms with E-state index >= 15 is 0 Å². The van der Waals surface area contributed by atoms with Crippen molar-refractivity contribution >= 4 is 15.9 Å². The molecule has 2 bridgehead atoms. The highest BCUT2D eigenvalue weighted by molar-refractivity contribution is 7.90. The molecule has 5 rings (SSSR count). The van der Waals surface area contributed by atoms with Gasteiger partial charge >= 0.3 is 6.09 Å². The number of carbonyl (C=O) groups excluding carboxylic acids is 1. The second-order valence-corrected chi connectivity index (χ2v) is 11.4. The third kappa shape index (κ3) is 5.34. The molecule has 0 aliphatic carbocycles. The van der Waals surface area contributed by atoms with E-state index in [1.165, 1.54) is 22.8 Å². The Morgan fingerprint density at radius 2 is 1.51 bits per heavy atom. The first-order chi connectivity index (χ1) is 17.7. The number of rotatable bonds is 6. The Labute approximate surface area is 215 Å². The first-order valence-corrected chi connectivity index (χ1v) is 13.9. The molecule has 0 radical (unpaired) electrons. The van der Waals surface area contributed by atoms with Crippen molar-refractivity contribution in [1.82, 2.24) is 9.47 Å². The average Bonchev–Trinajstić information content (AvgIpc) is 3.15. The van der Waals surface area contributed by atoms with Gasteiger partial charge < -0.3 is 19.1 Å². The summed E-state index contributed by atoms with van der Waals surface area (Å²) in [4.78, 5) is 27.7. The number of amides is 1. The van der Waals surface area contributed by atoms with Crippen LogP contribution in [0.1, 0.15) is 25.7 Å². The van der Waals surface area contributed by atoms with Crippen LogP contribution in [-0.2, 0) is 9.84 Å². The molecule has 1 amide bonds. The van der Waals surface area contributed by atoms with Gasteiger partial charge in [0.1, 0.15) is 23.4 Å². The van der Waals surface area contributed by atoms with Gasteiger partial charge in [-0.15, -0.1) is 0 Å². The number of pyridine rings is 1. The Balaban J connectivity index is 1.22. The number of hydrogen-bond acceptors (Lipinski definition) is 7. The molecule has 0 N–H and O–H groups in total. The highest BCUT2D eigenvalue weighted by atomic mass is 32.2. The third-order valence-electron chi connectivity index (χ3n) is 6.90. The van der Waals surface area contributed by atoms with Gasteiger partial charge in [-0.05, 0) is 67.4 Å². The first kappa shape index (κ1) is 24.9. The van der Waals surface area contributed by atoms with Crippen LogP contribution in [0.15, 0.2) is 76.6 Å². The molecule has 37 heavy (non-hydrogen) atoms. The van der Waals surface area contributed by atoms with E-state index in [1.807, 2.05) is 4.90 Å². The number of nitrogens with zero attached hydrogens (tertiary/aromatic N) is 2. The van der Waals surface area contributed by atoms with Crippen LogP contribution in [0.3, 0.4) is 0 Å². The SMILES string of the molecule is COc1ccc(OC(=O)N2[C@@H]3CC[C@@H]2CC(Oc2ccn(-c4ccc(S(C)(=O)=O)cc4)c(=O)c2)C3)cc1. The van der Waals surface area contributed by atoms with Gasteiger partial charge in [0.25, 0.3) is 5.56 Å². The number of sulfone groups is 1. The lowest BCUT2D eigenvalue weighted by Crippen LogP contribution is -2.50. The van der Waals surface area contributed by atoms with Crippen LogP contribution in [0.5, 0.6) is 17.2 Å². The minimum absolute atomic E-state index is 0.0169. The zero-order chi connectivity index (χ0) is 26.2. The molecule has 1 aromatic heterocycles. The quantitative estimate of drug-likeness (QED) is 0.483. The van der Waals surface area contributed by atoms with Gasteiger partial charge in [-0.3, -0.25) is 9.36 Å². The van der Waals surface area contributed by atoms with Crippen molar-refractivity contribution in [3.63, 3.8) is 0 Å². The summed E-state index contributed by atoms with van der Waals surface area (Å²) in [5, 5.41) is 0. The molecule has 2 aliphatic heterocycles. The van der Waals surface area contributed by atoms with Crippen molar-refractivity contribution in [2.24, 2.45) is 0 Å². The topological polar surface area (TPSA) is 104 Å². The molecular weight excluding hydrogens is 496 g/mol. The van der Waals surface area contributed by atoms with Crippen LogP contribution in [0.2, 0.25) is 0 Å². The molecule has 194 valence electrons. The lowest BCUT2D eigenvalue weighted by atomic mass is 10.0. The Morgan fingerprint density at radius 3 is 2.08 bits per heavy atom. The van der Waals surface area contributed by atoms with Crippen molar-refractivity contribution < 1.29 is 27.4 Å². The number of hydrogen-bond donors (Lipinski definition) is 0. The fourth-order valence-corrected chi connectivity index (χ4v) is 5.74. The van der Waals surface area contributed by atoms with Gasteiger partial charge in [0.05, 0.1) is 12.0 Å². The molecule has 0 spiro atoms.